The maximum absolute atomic E-state index is 6.06. The van der Waals surface area contributed by atoms with E-state index in [-0.39, 0.29) is 0 Å². The van der Waals surface area contributed by atoms with Crippen LogP contribution in [0.5, 0.6) is 5.75 Å². The molecule has 21 heavy (non-hydrogen) atoms. The third-order valence-electron chi connectivity index (χ3n) is 4.33. The molecular weight excluding hydrogens is 330 g/mol. The van der Waals surface area contributed by atoms with Crippen molar-refractivity contribution in [3.05, 3.63) is 29.0 Å². The van der Waals surface area contributed by atoms with Crippen molar-refractivity contribution in [1.29, 1.82) is 0 Å². The first kappa shape index (κ1) is 14.7. The summed E-state index contributed by atoms with van der Waals surface area (Å²) in [6.07, 6.45) is 8.57. The second-order valence-electron chi connectivity index (χ2n) is 5.68. The van der Waals surface area contributed by atoms with E-state index < -0.39 is 0 Å². The van der Waals surface area contributed by atoms with E-state index in [1.807, 2.05) is 12.1 Å². The molecule has 1 fully saturated rings. The Morgan fingerprint density at radius 1 is 1.24 bits per heavy atom. The van der Waals surface area contributed by atoms with E-state index in [1.165, 1.54) is 25.7 Å². The van der Waals surface area contributed by atoms with Gasteiger partial charge in [-0.15, -0.1) is 0 Å². The van der Waals surface area contributed by atoms with E-state index in [2.05, 4.69) is 25.9 Å². The highest BCUT2D eigenvalue weighted by Crippen LogP contribution is 2.31. The third-order valence-corrected chi connectivity index (χ3v) is 4.76. The van der Waals surface area contributed by atoms with Crippen LogP contribution in [-0.4, -0.2) is 23.1 Å². The summed E-state index contributed by atoms with van der Waals surface area (Å²) < 4.78 is 6.98. The van der Waals surface area contributed by atoms with Crippen molar-refractivity contribution in [3.8, 4) is 5.75 Å². The Kier molecular flexibility index (Phi) is 4.70. The lowest BCUT2D eigenvalue weighted by molar-refractivity contribution is 0.154. The van der Waals surface area contributed by atoms with Gasteiger partial charge in [-0.25, -0.2) is 4.98 Å². The fraction of sp³-hybridized carbons (Fsp3) is 0.500. The number of ether oxygens (including phenoxy) is 1. The number of hydrogen-bond donors (Lipinski definition) is 1. The van der Waals surface area contributed by atoms with Gasteiger partial charge in [-0.2, -0.15) is 0 Å². The maximum Gasteiger partial charge on any atom is 0.148 e. The number of nitrogens with two attached hydrogens (primary N) is 1. The molecule has 2 atom stereocenters. The summed E-state index contributed by atoms with van der Waals surface area (Å²) in [7, 11) is 0. The van der Waals surface area contributed by atoms with Crippen molar-refractivity contribution in [1.82, 2.24) is 9.97 Å². The number of hydrogen-bond acceptors (Lipinski definition) is 4. The molecule has 1 saturated carbocycles. The van der Waals surface area contributed by atoms with Crippen LogP contribution in [-0.2, 0) is 0 Å². The molecule has 2 aromatic heterocycles. The lowest BCUT2D eigenvalue weighted by atomic mass is 9.80. The summed E-state index contributed by atoms with van der Waals surface area (Å²) >= 11 is 3.42. The number of aromatic nitrogens is 2. The highest BCUT2D eigenvalue weighted by atomic mass is 79.9. The Morgan fingerprint density at radius 2 is 2.05 bits per heavy atom. The van der Waals surface area contributed by atoms with Gasteiger partial charge < -0.3 is 10.5 Å². The molecule has 4 nitrogen and oxygen atoms in total. The Balaban J connectivity index is 1.75. The molecule has 1 aliphatic carbocycles. The smallest absolute Gasteiger partial charge is 0.148 e. The summed E-state index contributed by atoms with van der Waals surface area (Å²) in [5.74, 6) is 1.96. The molecular formula is C16H20BrN3O. The minimum atomic E-state index is 0.558. The zero-order valence-electron chi connectivity index (χ0n) is 12.0. The molecule has 112 valence electrons. The zero-order chi connectivity index (χ0) is 14.7. The van der Waals surface area contributed by atoms with E-state index in [4.69, 9.17) is 10.5 Å². The minimum Gasteiger partial charge on any atom is -0.491 e. The van der Waals surface area contributed by atoms with Crippen LogP contribution < -0.4 is 10.5 Å². The lowest BCUT2D eigenvalue weighted by Gasteiger charge is -2.30. The summed E-state index contributed by atoms with van der Waals surface area (Å²) in [6, 6.07) is 3.85. The fourth-order valence-corrected chi connectivity index (χ4v) is 3.43. The number of rotatable bonds is 4. The van der Waals surface area contributed by atoms with E-state index >= 15 is 0 Å². The van der Waals surface area contributed by atoms with Crippen LogP contribution in [0.15, 0.2) is 29.0 Å². The molecule has 2 N–H and O–H groups in total. The molecule has 0 bridgehead atoms. The predicted octanol–water partition coefficient (Wildman–Crippen LogP) is 3.54. The average molecular weight is 350 g/mol. The maximum atomic E-state index is 6.06. The Morgan fingerprint density at radius 3 is 2.86 bits per heavy atom. The van der Waals surface area contributed by atoms with Crippen LogP contribution in [0.2, 0.25) is 0 Å². The van der Waals surface area contributed by atoms with Crippen molar-refractivity contribution in [3.63, 3.8) is 0 Å². The van der Waals surface area contributed by atoms with Crippen molar-refractivity contribution in [2.45, 2.75) is 25.7 Å². The highest BCUT2D eigenvalue weighted by Gasteiger charge is 2.24. The molecule has 0 aromatic carbocycles. The topological polar surface area (TPSA) is 61.0 Å². The van der Waals surface area contributed by atoms with Gasteiger partial charge in [0.05, 0.1) is 12.1 Å². The summed E-state index contributed by atoms with van der Waals surface area (Å²) in [5.41, 5.74) is 7.55. The quantitative estimate of drug-likeness (QED) is 0.916. The average Bonchev–Trinajstić information content (AvgIpc) is 2.52. The minimum absolute atomic E-state index is 0.558. The second kappa shape index (κ2) is 6.71. The van der Waals surface area contributed by atoms with Gasteiger partial charge >= 0.3 is 0 Å². The summed E-state index contributed by atoms with van der Waals surface area (Å²) in [4.78, 5) is 8.76. The molecule has 3 rings (SSSR count). The molecule has 2 heterocycles. The molecule has 0 aliphatic heterocycles. The van der Waals surface area contributed by atoms with Crippen LogP contribution in [0, 0.1) is 11.8 Å². The standard InChI is InChI=1S/C16H20BrN3O/c17-13-7-14-16(20-9-13)15(5-6-19-14)21-10-12-4-2-1-3-11(12)8-18/h5-7,9,11-12H,1-4,8,10,18H2. The second-order valence-corrected chi connectivity index (χ2v) is 6.60. The molecule has 2 unspecified atom stereocenters. The SMILES string of the molecule is NCC1CCCCC1COc1ccnc2cc(Br)cnc12. The molecule has 2 aromatic rings. The van der Waals surface area contributed by atoms with E-state index in [0.717, 1.165) is 34.4 Å². The monoisotopic (exact) mass is 349 g/mol. The van der Waals surface area contributed by atoms with Gasteiger partial charge in [0, 0.05) is 22.9 Å². The molecule has 5 heteroatoms. The first-order chi connectivity index (χ1) is 10.3. The van der Waals surface area contributed by atoms with Crippen molar-refractivity contribution in [2.75, 3.05) is 13.2 Å². The fourth-order valence-electron chi connectivity index (χ4n) is 3.11. The van der Waals surface area contributed by atoms with Crippen LogP contribution >= 0.6 is 15.9 Å². The lowest BCUT2D eigenvalue weighted by Crippen LogP contribution is -2.30. The summed E-state index contributed by atoms with van der Waals surface area (Å²) in [6.45, 7) is 1.48. The first-order valence-corrected chi connectivity index (χ1v) is 8.30. The van der Waals surface area contributed by atoms with Crippen molar-refractivity contribution < 1.29 is 4.74 Å². The number of halogens is 1. The third kappa shape index (κ3) is 3.35. The molecule has 0 spiro atoms. The van der Waals surface area contributed by atoms with Crippen molar-refractivity contribution >= 4 is 27.0 Å². The number of pyridine rings is 2. The summed E-state index contributed by atoms with van der Waals surface area (Å²) in [5, 5.41) is 0. The van der Waals surface area contributed by atoms with Gasteiger partial charge in [-0.05, 0) is 53.2 Å². The van der Waals surface area contributed by atoms with Gasteiger partial charge in [0.25, 0.3) is 0 Å². The molecule has 0 amide bonds. The van der Waals surface area contributed by atoms with Gasteiger partial charge in [-0.1, -0.05) is 12.8 Å². The molecule has 0 saturated heterocycles. The molecule has 0 radical (unpaired) electrons. The van der Waals surface area contributed by atoms with Crippen LogP contribution in [0.1, 0.15) is 25.7 Å². The normalized spacial score (nSPS) is 22.4. The van der Waals surface area contributed by atoms with E-state index in [0.29, 0.717) is 11.8 Å². The molecule has 1 aliphatic rings. The largest absolute Gasteiger partial charge is 0.491 e. The highest BCUT2D eigenvalue weighted by molar-refractivity contribution is 9.10. The zero-order valence-corrected chi connectivity index (χ0v) is 13.6. The van der Waals surface area contributed by atoms with Crippen molar-refractivity contribution in [2.24, 2.45) is 17.6 Å². The van der Waals surface area contributed by atoms with Gasteiger partial charge in [0.15, 0.2) is 0 Å². The first-order valence-electron chi connectivity index (χ1n) is 7.51. The number of fused-ring (bicyclic) bond motifs is 1. The van der Waals surface area contributed by atoms with Crippen LogP contribution in [0.3, 0.4) is 0 Å². The Bertz CT molecular complexity index is 619. The Hall–Kier alpha value is -1.20. The van der Waals surface area contributed by atoms with Crippen LogP contribution in [0.4, 0.5) is 0 Å². The van der Waals surface area contributed by atoms with E-state index in [1.54, 1.807) is 12.4 Å². The number of nitrogens with zero attached hydrogens (tertiary/aromatic N) is 2. The van der Waals surface area contributed by atoms with E-state index in [9.17, 15) is 0 Å². The van der Waals surface area contributed by atoms with Crippen LogP contribution in [0.25, 0.3) is 11.0 Å². The van der Waals surface area contributed by atoms with Gasteiger partial charge in [0.1, 0.15) is 11.3 Å². The van der Waals surface area contributed by atoms with Gasteiger partial charge in [0.2, 0.25) is 0 Å². The predicted molar refractivity (Wildman–Crippen MR) is 87.2 cm³/mol. The van der Waals surface area contributed by atoms with Gasteiger partial charge in [-0.3, -0.25) is 4.98 Å². The Labute approximate surface area is 133 Å².